The SMILES string of the molecule is O=C(Cc1cnn(-c2ccccc2)c1)NC(c1ccccc1)c1cc2ccccc2o1. The fourth-order valence-electron chi connectivity index (χ4n) is 3.68. The van der Waals surface area contributed by atoms with Crippen molar-refractivity contribution < 1.29 is 9.21 Å². The first-order valence-corrected chi connectivity index (χ1v) is 10.2. The molecule has 0 radical (unpaired) electrons. The average molecular weight is 407 g/mol. The van der Waals surface area contributed by atoms with Crippen molar-refractivity contribution in [3.63, 3.8) is 0 Å². The van der Waals surface area contributed by atoms with E-state index in [0.717, 1.165) is 27.8 Å². The van der Waals surface area contributed by atoms with E-state index in [-0.39, 0.29) is 18.4 Å². The summed E-state index contributed by atoms with van der Waals surface area (Å²) in [6, 6.07) is 29.2. The van der Waals surface area contributed by atoms with Crippen molar-refractivity contribution in [1.29, 1.82) is 0 Å². The van der Waals surface area contributed by atoms with Gasteiger partial charge in [0.05, 0.1) is 18.3 Å². The van der Waals surface area contributed by atoms with Gasteiger partial charge in [-0.1, -0.05) is 66.7 Å². The van der Waals surface area contributed by atoms with E-state index < -0.39 is 0 Å². The van der Waals surface area contributed by atoms with E-state index in [4.69, 9.17) is 4.42 Å². The lowest BCUT2D eigenvalue weighted by Crippen LogP contribution is -2.30. The molecule has 0 aliphatic carbocycles. The Hall–Kier alpha value is -4.12. The molecule has 1 unspecified atom stereocenters. The van der Waals surface area contributed by atoms with Crippen LogP contribution in [0.25, 0.3) is 16.7 Å². The van der Waals surface area contributed by atoms with Crippen molar-refractivity contribution in [2.45, 2.75) is 12.5 Å². The molecule has 0 bridgehead atoms. The Morgan fingerprint density at radius 1 is 0.935 bits per heavy atom. The van der Waals surface area contributed by atoms with Crippen molar-refractivity contribution in [1.82, 2.24) is 15.1 Å². The molecule has 5 rings (SSSR count). The van der Waals surface area contributed by atoms with Gasteiger partial charge in [-0.15, -0.1) is 0 Å². The van der Waals surface area contributed by atoms with Gasteiger partial charge in [-0.05, 0) is 35.4 Å². The molecule has 2 heterocycles. The normalized spacial score (nSPS) is 12.0. The second kappa shape index (κ2) is 8.32. The Morgan fingerprint density at radius 3 is 2.42 bits per heavy atom. The van der Waals surface area contributed by atoms with Crippen LogP contribution in [0.4, 0.5) is 0 Å². The van der Waals surface area contributed by atoms with Gasteiger partial charge in [0.25, 0.3) is 0 Å². The summed E-state index contributed by atoms with van der Waals surface area (Å²) in [5, 5.41) is 8.53. The van der Waals surface area contributed by atoms with Crippen LogP contribution in [0.15, 0.2) is 108 Å². The summed E-state index contributed by atoms with van der Waals surface area (Å²) in [6.07, 6.45) is 3.84. The highest BCUT2D eigenvalue weighted by Crippen LogP contribution is 2.28. The fourth-order valence-corrected chi connectivity index (χ4v) is 3.68. The molecule has 0 saturated heterocycles. The standard InChI is InChI=1S/C26H21N3O2/c30-25(15-19-17-27-29(18-19)22-12-5-2-6-13-22)28-26(20-9-3-1-4-10-20)24-16-21-11-7-8-14-23(21)31-24/h1-14,16-18,26H,15H2,(H,28,30). The van der Waals surface area contributed by atoms with Crippen LogP contribution < -0.4 is 5.32 Å². The Kier molecular flexibility index (Phi) is 5.07. The molecule has 1 N–H and O–H groups in total. The molecule has 5 aromatic rings. The summed E-state index contributed by atoms with van der Waals surface area (Å²) < 4.78 is 7.84. The number of hydrogen-bond acceptors (Lipinski definition) is 3. The number of fused-ring (bicyclic) bond motifs is 1. The van der Waals surface area contributed by atoms with Gasteiger partial charge < -0.3 is 9.73 Å². The van der Waals surface area contributed by atoms with E-state index >= 15 is 0 Å². The van der Waals surface area contributed by atoms with Crippen molar-refractivity contribution in [2.75, 3.05) is 0 Å². The highest BCUT2D eigenvalue weighted by atomic mass is 16.3. The van der Waals surface area contributed by atoms with E-state index in [1.807, 2.05) is 97.2 Å². The largest absolute Gasteiger partial charge is 0.459 e. The lowest BCUT2D eigenvalue weighted by atomic mass is 10.0. The van der Waals surface area contributed by atoms with Crippen LogP contribution in [0.2, 0.25) is 0 Å². The first-order chi connectivity index (χ1) is 15.3. The van der Waals surface area contributed by atoms with Crippen LogP contribution in [0, 0.1) is 0 Å². The summed E-state index contributed by atoms with van der Waals surface area (Å²) in [4.78, 5) is 12.9. The third-order valence-electron chi connectivity index (χ3n) is 5.19. The number of hydrogen-bond donors (Lipinski definition) is 1. The van der Waals surface area contributed by atoms with E-state index in [1.165, 1.54) is 0 Å². The van der Waals surface area contributed by atoms with Gasteiger partial charge in [0, 0.05) is 11.6 Å². The number of aromatic nitrogens is 2. The maximum absolute atomic E-state index is 12.9. The molecule has 0 spiro atoms. The molecule has 31 heavy (non-hydrogen) atoms. The molecular weight excluding hydrogens is 386 g/mol. The first-order valence-electron chi connectivity index (χ1n) is 10.2. The van der Waals surface area contributed by atoms with Gasteiger partial charge >= 0.3 is 0 Å². The first kappa shape index (κ1) is 18.9. The molecule has 1 atom stereocenters. The van der Waals surface area contributed by atoms with Gasteiger partial charge in [0.1, 0.15) is 17.4 Å². The minimum atomic E-state index is -0.370. The highest BCUT2D eigenvalue weighted by Gasteiger charge is 2.21. The van der Waals surface area contributed by atoms with Crippen LogP contribution >= 0.6 is 0 Å². The molecule has 0 saturated carbocycles. The van der Waals surface area contributed by atoms with Crippen LogP contribution in [0.1, 0.15) is 22.9 Å². The van der Waals surface area contributed by atoms with E-state index in [1.54, 1.807) is 10.9 Å². The number of nitrogens with one attached hydrogen (secondary N) is 1. The monoisotopic (exact) mass is 407 g/mol. The maximum atomic E-state index is 12.9. The quantitative estimate of drug-likeness (QED) is 0.428. The molecule has 0 aliphatic rings. The maximum Gasteiger partial charge on any atom is 0.225 e. The summed E-state index contributed by atoms with van der Waals surface area (Å²) in [7, 11) is 0. The van der Waals surface area contributed by atoms with Gasteiger partial charge in [-0.25, -0.2) is 4.68 Å². The Labute approximate surface area is 179 Å². The Morgan fingerprint density at radius 2 is 1.65 bits per heavy atom. The Balaban J connectivity index is 1.38. The molecule has 1 amide bonds. The number of rotatable bonds is 6. The second-order valence-corrected chi connectivity index (χ2v) is 7.40. The predicted octanol–water partition coefficient (Wildman–Crippen LogP) is 5.07. The van der Waals surface area contributed by atoms with Crippen molar-refractivity contribution >= 4 is 16.9 Å². The summed E-state index contributed by atoms with van der Waals surface area (Å²) in [5.41, 5.74) is 3.57. The number of carbonyl (C=O) groups excluding carboxylic acids is 1. The third kappa shape index (κ3) is 4.12. The van der Waals surface area contributed by atoms with Crippen LogP contribution in [-0.2, 0) is 11.2 Å². The summed E-state index contributed by atoms with van der Waals surface area (Å²) in [6.45, 7) is 0. The van der Waals surface area contributed by atoms with Gasteiger partial charge in [-0.2, -0.15) is 5.10 Å². The van der Waals surface area contributed by atoms with E-state index in [9.17, 15) is 4.79 Å². The van der Waals surface area contributed by atoms with Crippen molar-refractivity contribution in [2.24, 2.45) is 0 Å². The fraction of sp³-hybridized carbons (Fsp3) is 0.0769. The van der Waals surface area contributed by atoms with Crippen LogP contribution in [-0.4, -0.2) is 15.7 Å². The second-order valence-electron chi connectivity index (χ2n) is 7.40. The molecule has 5 nitrogen and oxygen atoms in total. The number of furan rings is 1. The number of nitrogens with zero attached hydrogens (tertiary/aromatic N) is 2. The number of carbonyl (C=O) groups is 1. The lowest BCUT2D eigenvalue weighted by molar-refractivity contribution is -0.121. The smallest absolute Gasteiger partial charge is 0.225 e. The zero-order chi connectivity index (χ0) is 21.0. The molecule has 0 fully saturated rings. The molecular formula is C26H21N3O2. The topological polar surface area (TPSA) is 60.1 Å². The van der Waals surface area contributed by atoms with Crippen LogP contribution in [0.5, 0.6) is 0 Å². The molecule has 3 aromatic carbocycles. The van der Waals surface area contributed by atoms with Gasteiger partial charge in [0.15, 0.2) is 0 Å². The summed E-state index contributed by atoms with van der Waals surface area (Å²) in [5.74, 6) is 0.614. The predicted molar refractivity (Wildman–Crippen MR) is 120 cm³/mol. The Bertz CT molecular complexity index is 1270. The third-order valence-corrected chi connectivity index (χ3v) is 5.19. The van der Waals surface area contributed by atoms with Gasteiger partial charge in [0.2, 0.25) is 5.91 Å². The van der Waals surface area contributed by atoms with Crippen molar-refractivity contribution in [3.8, 4) is 5.69 Å². The lowest BCUT2D eigenvalue weighted by Gasteiger charge is -2.17. The zero-order valence-corrected chi connectivity index (χ0v) is 16.8. The van der Waals surface area contributed by atoms with Crippen LogP contribution in [0.3, 0.4) is 0 Å². The minimum absolute atomic E-state index is 0.0954. The van der Waals surface area contributed by atoms with E-state index in [2.05, 4.69) is 10.4 Å². The molecule has 2 aromatic heterocycles. The van der Waals surface area contributed by atoms with E-state index in [0.29, 0.717) is 5.76 Å². The van der Waals surface area contributed by atoms with Crippen molar-refractivity contribution in [3.05, 3.63) is 120 Å². The highest BCUT2D eigenvalue weighted by molar-refractivity contribution is 5.81. The zero-order valence-electron chi connectivity index (χ0n) is 16.8. The summed E-state index contributed by atoms with van der Waals surface area (Å²) >= 11 is 0. The average Bonchev–Trinajstić information content (AvgIpc) is 3.45. The minimum Gasteiger partial charge on any atom is -0.459 e. The van der Waals surface area contributed by atoms with Gasteiger partial charge in [-0.3, -0.25) is 4.79 Å². The number of benzene rings is 3. The molecule has 152 valence electrons. The molecule has 0 aliphatic heterocycles. The number of amides is 1. The molecule has 5 heteroatoms. The number of para-hydroxylation sites is 2.